The van der Waals surface area contributed by atoms with Crippen LogP contribution in [0.15, 0.2) is 24.0 Å². The Morgan fingerprint density at radius 3 is 2.57 bits per heavy atom. The summed E-state index contributed by atoms with van der Waals surface area (Å²) in [5, 5.41) is 0. The summed E-state index contributed by atoms with van der Waals surface area (Å²) in [5.74, 6) is 2.13. The normalized spacial score (nSPS) is 9.86. The van der Waals surface area contributed by atoms with E-state index in [1.165, 1.54) is 11.5 Å². The lowest BCUT2D eigenvalue weighted by Crippen LogP contribution is -1.52. The molecule has 0 nitrogen and oxygen atoms in total. The number of halogens is 1. The number of hydrogen-bond donors (Lipinski definition) is 0. The van der Waals surface area contributed by atoms with Gasteiger partial charge in [0, 0.05) is 3.30 Å². The average molecular weight is 222 g/mol. The van der Waals surface area contributed by atoms with E-state index in [4.69, 9.17) is 0 Å². The van der Waals surface area contributed by atoms with Crippen LogP contribution in [0.1, 0.15) is 0 Å². The van der Waals surface area contributed by atoms with E-state index in [0.717, 1.165) is 0 Å². The van der Waals surface area contributed by atoms with Crippen molar-refractivity contribution >= 4 is 30.8 Å². The lowest BCUT2D eigenvalue weighted by Gasteiger charge is -1.79. The van der Waals surface area contributed by atoms with Gasteiger partial charge in [-0.1, -0.05) is 20.3 Å². The van der Waals surface area contributed by atoms with Crippen LogP contribution >= 0.6 is 30.8 Å². The quantitative estimate of drug-likeness (QED) is 0.592. The van der Waals surface area contributed by atoms with E-state index in [9.17, 15) is 0 Å². The van der Waals surface area contributed by atoms with Gasteiger partial charge in [-0.05, 0) is 34.5 Å². The summed E-state index contributed by atoms with van der Waals surface area (Å²) >= 11 is 2.32. The van der Waals surface area contributed by atoms with Gasteiger partial charge in [0.15, 0.2) is 0 Å². The van der Waals surface area contributed by atoms with E-state index in [1.54, 1.807) is 0 Å². The Labute approximate surface area is 58.2 Å². The molecule has 0 aliphatic rings. The fourth-order valence-corrected chi connectivity index (χ4v) is 1.53. The third kappa shape index (κ3) is 1.74. The fourth-order valence-electron chi connectivity index (χ4n) is 0.342. The lowest BCUT2D eigenvalue weighted by molar-refractivity contribution is 1.84. The molecule has 0 unspecified atom stereocenters. The zero-order chi connectivity index (χ0) is 5.11. The van der Waals surface area contributed by atoms with Crippen LogP contribution in [0, 0.1) is 3.30 Å². The highest BCUT2D eigenvalue weighted by atomic mass is 127. The zero-order valence-corrected chi connectivity index (χ0v) is 6.69. The third-order valence-electron chi connectivity index (χ3n) is 0.629. The maximum atomic E-state index is 2.32. The molecule has 0 aliphatic heterocycles. The van der Waals surface area contributed by atoms with Crippen molar-refractivity contribution in [1.29, 1.82) is 0 Å². The van der Waals surface area contributed by atoms with Crippen LogP contribution in [0.4, 0.5) is 0 Å². The van der Waals surface area contributed by atoms with Gasteiger partial charge in [0.2, 0.25) is 0 Å². The lowest BCUT2D eigenvalue weighted by atomic mass is 10.6. The predicted molar refractivity (Wildman–Crippen MR) is 41.7 cm³/mol. The average Bonchev–Trinajstić information content (AvgIpc) is 1.69. The van der Waals surface area contributed by atoms with Crippen molar-refractivity contribution in [3.63, 3.8) is 0 Å². The molecule has 0 atom stereocenters. The molecule has 0 aliphatic carbocycles. The van der Waals surface area contributed by atoms with Gasteiger partial charge >= 0.3 is 0 Å². The van der Waals surface area contributed by atoms with Crippen molar-refractivity contribution < 1.29 is 0 Å². The van der Waals surface area contributed by atoms with Crippen LogP contribution in [-0.4, -0.2) is 0 Å². The van der Waals surface area contributed by atoms with Crippen molar-refractivity contribution in [3.8, 4) is 0 Å². The SMILES string of the molecule is Ic1ccccp1. The van der Waals surface area contributed by atoms with Crippen LogP contribution in [0.5, 0.6) is 0 Å². The molecule has 1 heterocycles. The van der Waals surface area contributed by atoms with Crippen LogP contribution in [0.25, 0.3) is 0 Å². The van der Waals surface area contributed by atoms with Gasteiger partial charge in [0.1, 0.15) is 0 Å². The fraction of sp³-hybridized carbons (Fsp3) is 0. The first kappa shape index (κ1) is 5.52. The van der Waals surface area contributed by atoms with Gasteiger partial charge in [0.25, 0.3) is 0 Å². The van der Waals surface area contributed by atoms with Gasteiger partial charge < -0.3 is 0 Å². The van der Waals surface area contributed by atoms with E-state index in [0.29, 0.717) is 0 Å². The summed E-state index contributed by atoms with van der Waals surface area (Å²) in [6, 6.07) is 6.23. The summed E-state index contributed by atoms with van der Waals surface area (Å²) in [4.78, 5) is 0. The first-order valence-electron chi connectivity index (χ1n) is 1.96. The largest absolute Gasteiger partial charge is 0.0617 e. The van der Waals surface area contributed by atoms with Crippen molar-refractivity contribution in [2.24, 2.45) is 0 Å². The highest BCUT2D eigenvalue weighted by molar-refractivity contribution is 14.1. The maximum Gasteiger partial charge on any atom is 0.0402 e. The Kier molecular flexibility index (Phi) is 2.07. The Balaban J connectivity index is 3.02. The summed E-state index contributed by atoms with van der Waals surface area (Å²) in [6.07, 6.45) is 0. The molecule has 0 aromatic carbocycles. The molecular formula is C5H4IP. The minimum absolute atomic E-state index is 1.33. The van der Waals surface area contributed by atoms with Crippen LogP contribution in [0.3, 0.4) is 0 Å². The second-order valence-corrected chi connectivity index (χ2v) is 4.21. The Bertz CT molecular complexity index is 138. The van der Waals surface area contributed by atoms with E-state index < -0.39 is 0 Å². The topological polar surface area (TPSA) is 0 Å². The van der Waals surface area contributed by atoms with E-state index in [-0.39, 0.29) is 0 Å². The third-order valence-corrected chi connectivity index (χ3v) is 2.54. The first-order valence-corrected chi connectivity index (χ1v) is 4.00. The molecule has 0 amide bonds. The highest BCUT2D eigenvalue weighted by Gasteiger charge is 1.75. The molecule has 0 saturated heterocycles. The maximum absolute atomic E-state index is 2.32. The monoisotopic (exact) mass is 222 g/mol. The molecule has 1 aromatic heterocycles. The second-order valence-electron chi connectivity index (χ2n) is 1.15. The predicted octanol–water partition coefficient (Wildman–Crippen LogP) is 2.87. The van der Waals surface area contributed by atoms with E-state index in [2.05, 4.69) is 46.6 Å². The Morgan fingerprint density at radius 1 is 1.43 bits per heavy atom. The molecule has 0 saturated carbocycles. The molecule has 2 heteroatoms. The summed E-state index contributed by atoms with van der Waals surface area (Å²) in [7, 11) is 1.33. The van der Waals surface area contributed by atoms with Crippen LogP contribution in [0.2, 0.25) is 0 Å². The number of rotatable bonds is 0. The minimum atomic E-state index is 1.33. The molecule has 0 fully saturated rings. The van der Waals surface area contributed by atoms with Gasteiger partial charge in [-0.15, -0.1) is 0 Å². The van der Waals surface area contributed by atoms with Gasteiger partial charge in [-0.25, -0.2) is 0 Å². The molecule has 7 heavy (non-hydrogen) atoms. The Morgan fingerprint density at radius 2 is 2.29 bits per heavy atom. The van der Waals surface area contributed by atoms with Crippen LogP contribution < -0.4 is 0 Å². The van der Waals surface area contributed by atoms with Crippen molar-refractivity contribution in [1.82, 2.24) is 0 Å². The van der Waals surface area contributed by atoms with Gasteiger partial charge in [0.05, 0.1) is 0 Å². The van der Waals surface area contributed by atoms with Crippen molar-refractivity contribution in [3.05, 3.63) is 27.3 Å². The standard InChI is InChI=1S/C5H4IP/c6-5-3-1-2-4-7-5/h1-4H. The van der Waals surface area contributed by atoms with E-state index in [1.807, 2.05) is 0 Å². The van der Waals surface area contributed by atoms with Gasteiger partial charge in [-0.3, -0.25) is 0 Å². The molecule has 0 N–H and O–H groups in total. The van der Waals surface area contributed by atoms with Crippen LogP contribution in [-0.2, 0) is 0 Å². The first-order chi connectivity index (χ1) is 3.39. The molecule has 0 radical (unpaired) electrons. The minimum Gasteiger partial charge on any atom is -0.0617 e. The molecule has 0 spiro atoms. The molecule has 1 aromatic rings. The molecule has 1 rings (SSSR count). The highest BCUT2D eigenvalue weighted by Crippen LogP contribution is 2.13. The Hall–Kier alpha value is 0.380. The summed E-state index contributed by atoms with van der Waals surface area (Å²) < 4.78 is 1.39. The smallest absolute Gasteiger partial charge is 0.0402 e. The summed E-state index contributed by atoms with van der Waals surface area (Å²) in [6.45, 7) is 0. The number of hydrogen-bond acceptors (Lipinski definition) is 0. The van der Waals surface area contributed by atoms with E-state index >= 15 is 0 Å². The van der Waals surface area contributed by atoms with Gasteiger partial charge in [-0.2, -0.15) is 0 Å². The van der Waals surface area contributed by atoms with Crippen molar-refractivity contribution in [2.75, 3.05) is 0 Å². The van der Waals surface area contributed by atoms with Crippen molar-refractivity contribution in [2.45, 2.75) is 0 Å². The molecule has 36 valence electrons. The molecule has 0 bridgehead atoms. The molecular weight excluding hydrogens is 218 g/mol. The second kappa shape index (κ2) is 2.63. The summed E-state index contributed by atoms with van der Waals surface area (Å²) in [5.41, 5.74) is 0. The zero-order valence-electron chi connectivity index (χ0n) is 3.63.